The summed E-state index contributed by atoms with van der Waals surface area (Å²) in [6.07, 6.45) is 2.30. The van der Waals surface area contributed by atoms with Crippen LogP contribution in [0.3, 0.4) is 0 Å². The number of ether oxygens (including phenoxy) is 2. The molecule has 114 valence electrons. The lowest BCUT2D eigenvalue weighted by Crippen LogP contribution is -2.16. The number of hydrogen-bond acceptors (Lipinski definition) is 5. The number of esters is 2. The second-order valence-electron chi connectivity index (χ2n) is 4.29. The van der Waals surface area contributed by atoms with Gasteiger partial charge in [-0.1, -0.05) is 15.9 Å². The van der Waals surface area contributed by atoms with Crippen molar-refractivity contribution in [3.8, 4) is 0 Å². The zero-order valence-electron chi connectivity index (χ0n) is 11.8. The fraction of sp³-hybridized carbons (Fsp3) is 0.133. The minimum atomic E-state index is -0.801. The summed E-state index contributed by atoms with van der Waals surface area (Å²) in [5.41, 5.74) is 0.0789. The summed E-state index contributed by atoms with van der Waals surface area (Å²) in [6, 6.07) is 5.14. The van der Waals surface area contributed by atoms with Crippen LogP contribution in [0, 0.1) is 0 Å². The summed E-state index contributed by atoms with van der Waals surface area (Å²) < 4.78 is 9.85. The van der Waals surface area contributed by atoms with Gasteiger partial charge in [0.2, 0.25) is 0 Å². The number of aromatic nitrogens is 1. The number of fused-ring (bicyclic) bond motifs is 1. The highest BCUT2D eigenvalue weighted by Crippen LogP contribution is 2.19. The maximum Gasteiger partial charge on any atom is 0.338 e. The SMILES string of the molecule is COC(=O)/C=C(/C(=O)OC)c1c[nH]c2ccc(Br)cc2c1=O. The van der Waals surface area contributed by atoms with Crippen molar-refractivity contribution >= 4 is 44.3 Å². The predicted molar refractivity (Wildman–Crippen MR) is 84.3 cm³/mol. The molecule has 0 radical (unpaired) electrons. The molecular weight excluding hydrogens is 354 g/mol. The van der Waals surface area contributed by atoms with Crippen LogP contribution >= 0.6 is 15.9 Å². The molecule has 2 aromatic rings. The summed E-state index contributed by atoms with van der Waals surface area (Å²) in [4.78, 5) is 38.8. The number of rotatable bonds is 3. The number of H-pyrrole nitrogens is 1. The van der Waals surface area contributed by atoms with E-state index in [1.807, 2.05) is 0 Å². The van der Waals surface area contributed by atoms with Gasteiger partial charge in [-0.05, 0) is 18.2 Å². The van der Waals surface area contributed by atoms with E-state index in [0.717, 1.165) is 10.5 Å². The van der Waals surface area contributed by atoms with Gasteiger partial charge >= 0.3 is 11.9 Å². The number of benzene rings is 1. The highest BCUT2D eigenvalue weighted by molar-refractivity contribution is 9.10. The van der Waals surface area contributed by atoms with Crippen molar-refractivity contribution in [1.82, 2.24) is 4.98 Å². The smallest absolute Gasteiger partial charge is 0.338 e. The standard InChI is InChI=1S/C15H12BrNO5/c1-21-13(18)6-9(15(20)22-2)11-7-17-12-4-3-8(16)5-10(12)14(11)19/h3-7H,1-2H3,(H,17,19)/b9-6+. The molecule has 7 heteroatoms. The molecule has 22 heavy (non-hydrogen) atoms. The van der Waals surface area contributed by atoms with Crippen LogP contribution < -0.4 is 5.43 Å². The van der Waals surface area contributed by atoms with E-state index >= 15 is 0 Å². The molecule has 6 nitrogen and oxygen atoms in total. The Morgan fingerprint density at radius 2 is 1.95 bits per heavy atom. The van der Waals surface area contributed by atoms with Crippen molar-refractivity contribution in [2.75, 3.05) is 14.2 Å². The fourth-order valence-corrected chi connectivity index (χ4v) is 2.29. The Kier molecular flexibility index (Phi) is 4.77. The van der Waals surface area contributed by atoms with Crippen LogP contribution in [0.5, 0.6) is 0 Å². The van der Waals surface area contributed by atoms with E-state index in [1.165, 1.54) is 20.4 Å². The highest BCUT2D eigenvalue weighted by Gasteiger charge is 2.19. The van der Waals surface area contributed by atoms with Crippen LogP contribution in [0.15, 0.2) is 39.7 Å². The molecule has 1 N–H and O–H groups in total. The Morgan fingerprint density at radius 1 is 1.23 bits per heavy atom. The van der Waals surface area contributed by atoms with Crippen molar-refractivity contribution in [3.05, 3.63) is 50.7 Å². The van der Waals surface area contributed by atoms with Gasteiger partial charge in [0, 0.05) is 27.6 Å². The number of pyridine rings is 1. The van der Waals surface area contributed by atoms with Gasteiger partial charge in [-0.25, -0.2) is 9.59 Å². The molecule has 0 aliphatic heterocycles. The van der Waals surface area contributed by atoms with Gasteiger partial charge in [-0.3, -0.25) is 4.79 Å². The number of carbonyl (C=O) groups is 2. The first-order chi connectivity index (χ1) is 10.5. The van der Waals surface area contributed by atoms with Crippen molar-refractivity contribution in [2.24, 2.45) is 0 Å². The van der Waals surface area contributed by atoms with Crippen LogP contribution in [-0.4, -0.2) is 31.1 Å². The van der Waals surface area contributed by atoms with Crippen molar-refractivity contribution < 1.29 is 19.1 Å². The number of hydrogen-bond donors (Lipinski definition) is 1. The quantitative estimate of drug-likeness (QED) is 0.664. The molecule has 1 aromatic heterocycles. The zero-order valence-corrected chi connectivity index (χ0v) is 13.4. The second kappa shape index (κ2) is 6.57. The van der Waals surface area contributed by atoms with Gasteiger partial charge in [0.25, 0.3) is 0 Å². The normalized spacial score (nSPS) is 11.3. The molecule has 0 atom stereocenters. The fourth-order valence-electron chi connectivity index (χ4n) is 1.92. The molecule has 0 amide bonds. The molecule has 1 heterocycles. The van der Waals surface area contributed by atoms with Crippen LogP contribution in [0.2, 0.25) is 0 Å². The van der Waals surface area contributed by atoms with Crippen LogP contribution in [0.4, 0.5) is 0 Å². The number of carbonyl (C=O) groups excluding carboxylic acids is 2. The zero-order chi connectivity index (χ0) is 16.3. The Labute approximate surface area is 133 Å². The lowest BCUT2D eigenvalue weighted by molar-refractivity contribution is -0.136. The first kappa shape index (κ1) is 16.0. The Hall–Kier alpha value is -2.41. The van der Waals surface area contributed by atoms with Crippen molar-refractivity contribution in [2.45, 2.75) is 0 Å². The third-order valence-electron chi connectivity index (χ3n) is 3.00. The largest absolute Gasteiger partial charge is 0.466 e. The number of halogens is 1. The highest BCUT2D eigenvalue weighted by atomic mass is 79.9. The summed E-state index contributed by atoms with van der Waals surface area (Å²) in [5, 5.41) is 0.381. The summed E-state index contributed by atoms with van der Waals surface area (Å²) in [7, 11) is 2.34. The van der Waals surface area contributed by atoms with E-state index in [0.29, 0.717) is 10.9 Å². The Morgan fingerprint density at radius 3 is 2.59 bits per heavy atom. The topological polar surface area (TPSA) is 85.5 Å². The summed E-state index contributed by atoms with van der Waals surface area (Å²) >= 11 is 3.29. The minimum absolute atomic E-state index is 0.0304. The molecule has 0 aliphatic carbocycles. The monoisotopic (exact) mass is 365 g/mol. The molecule has 0 fully saturated rings. The van der Waals surface area contributed by atoms with Gasteiger partial charge in [-0.15, -0.1) is 0 Å². The van der Waals surface area contributed by atoms with E-state index < -0.39 is 17.4 Å². The van der Waals surface area contributed by atoms with Crippen molar-refractivity contribution in [3.63, 3.8) is 0 Å². The Bertz CT molecular complexity index is 837. The number of nitrogens with one attached hydrogen (secondary N) is 1. The molecule has 0 saturated heterocycles. The van der Waals surface area contributed by atoms with Gasteiger partial charge in [0.15, 0.2) is 5.43 Å². The first-order valence-corrected chi connectivity index (χ1v) is 6.96. The van der Waals surface area contributed by atoms with Crippen LogP contribution in [0.1, 0.15) is 5.56 Å². The second-order valence-corrected chi connectivity index (χ2v) is 5.21. The molecule has 0 unspecified atom stereocenters. The molecule has 1 aromatic carbocycles. The predicted octanol–water partition coefficient (Wildman–Crippen LogP) is 2.02. The molecule has 0 aliphatic rings. The average Bonchev–Trinajstić information content (AvgIpc) is 2.53. The minimum Gasteiger partial charge on any atom is -0.466 e. The van der Waals surface area contributed by atoms with Crippen molar-refractivity contribution in [1.29, 1.82) is 0 Å². The molecule has 0 saturated carbocycles. The van der Waals surface area contributed by atoms with E-state index in [-0.39, 0.29) is 11.1 Å². The maximum absolute atomic E-state index is 12.6. The molecule has 0 spiro atoms. The van der Waals surface area contributed by atoms with Crippen LogP contribution in [-0.2, 0) is 19.1 Å². The lowest BCUT2D eigenvalue weighted by Gasteiger charge is -2.07. The third kappa shape index (κ3) is 3.09. The molecule has 2 rings (SSSR count). The lowest BCUT2D eigenvalue weighted by atomic mass is 10.0. The summed E-state index contributed by atoms with van der Waals surface area (Å²) in [6.45, 7) is 0. The van der Waals surface area contributed by atoms with Gasteiger partial charge in [0.1, 0.15) is 0 Å². The first-order valence-electron chi connectivity index (χ1n) is 6.17. The number of aromatic amines is 1. The van der Waals surface area contributed by atoms with Gasteiger partial charge in [-0.2, -0.15) is 0 Å². The molecule has 0 bridgehead atoms. The van der Waals surface area contributed by atoms with Crippen LogP contribution in [0.25, 0.3) is 16.5 Å². The summed E-state index contributed by atoms with van der Waals surface area (Å²) in [5.74, 6) is -1.56. The van der Waals surface area contributed by atoms with Gasteiger partial charge < -0.3 is 14.5 Å². The van der Waals surface area contributed by atoms with E-state index in [9.17, 15) is 14.4 Å². The maximum atomic E-state index is 12.6. The van der Waals surface area contributed by atoms with Gasteiger partial charge in [0.05, 0.1) is 25.4 Å². The Balaban J connectivity index is 2.72. The van der Waals surface area contributed by atoms with E-state index in [2.05, 4.69) is 30.4 Å². The number of methoxy groups -OCH3 is 2. The third-order valence-corrected chi connectivity index (χ3v) is 3.49. The van der Waals surface area contributed by atoms with E-state index in [1.54, 1.807) is 18.2 Å². The molecular formula is C15H12BrNO5. The average molecular weight is 366 g/mol. The van der Waals surface area contributed by atoms with E-state index in [4.69, 9.17) is 0 Å².